The summed E-state index contributed by atoms with van der Waals surface area (Å²) >= 11 is 0. The van der Waals surface area contributed by atoms with Crippen LogP contribution in [0.1, 0.15) is 49.5 Å². The largest absolute Gasteiger partial charge is 0.416 e. The summed E-state index contributed by atoms with van der Waals surface area (Å²) in [6.45, 7) is 6.38. The molecule has 1 atom stereocenters. The summed E-state index contributed by atoms with van der Waals surface area (Å²) in [5.74, 6) is -0.899. The number of fused-ring (bicyclic) bond motifs is 1. The number of nitrogens with zero attached hydrogens (tertiary/aromatic N) is 5. The quantitative estimate of drug-likeness (QED) is 0.544. The summed E-state index contributed by atoms with van der Waals surface area (Å²) in [4.78, 5) is 43.7. The Bertz CT molecular complexity index is 1360. The predicted molar refractivity (Wildman–Crippen MR) is 128 cm³/mol. The number of aromatic nitrogens is 4. The molecule has 0 aromatic carbocycles. The van der Waals surface area contributed by atoms with Gasteiger partial charge in [0.25, 0.3) is 5.91 Å². The molecule has 3 aromatic heterocycles. The van der Waals surface area contributed by atoms with Crippen molar-refractivity contribution in [2.45, 2.75) is 45.8 Å². The summed E-state index contributed by atoms with van der Waals surface area (Å²) in [6.07, 6.45) is 0.316. The van der Waals surface area contributed by atoms with Gasteiger partial charge in [-0.3, -0.25) is 14.6 Å². The van der Waals surface area contributed by atoms with Gasteiger partial charge in [-0.2, -0.15) is 18.4 Å². The van der Waals surface area contributed by atoms with Gasteiger partial charge in [0.15, 0.2) is 5.65 Å². The molecule has 9 nitrogen and oxygen atoms in total. The van der Waals surface area contributed by atoms with Crippen molar-refractivity contribution in [3.8, 4) is 17.5 Å². The maximum Gasteiger partial charge on any atom is 0.416 e. The fourth-order valence-electron chi connectivity index (χ4n) is 4.20. The Kier molecular flexibility index (Phi) is 6.90. The van der Waals surface area contributed by atoms with Gasteiger partial charge in [-0.1, -0.05) is 20.8 Å². The number of hydrogen-bond acceptors (Lipinski definition) is 6. The molecular weight excluding hydrogens is 487 g/mol. The van der Waals surface area contributed by atoms with Crippen LogP contribution in [-0.2, 0) is 11.0 Å². The minimum absolute atomic E-state index is 0.0414. The molecule has 37 heavy (non-hydrogen) atoms. The SMILES string of the molecule is CC(C)(C)C(NC(=O)c1c[nH]c2ncc(-c3cc(C(F)(F)F)ccn3)nc12)C(=O)N1CCC(C#N)CC1. The molecular formula is C25H26F3N7O2. The van der Waals surface area contributed by atoms with Crippen molar-refractivity contribution in [3.63, 3.8) is 0 Å². The zero-order valence-corrected chi connectivity index (χ0v) is 20.6. The van der Waals surface area contributed by atoms with Crippen molar-refractivity contribution in [2.24, 2.45) is 11.3 Å². The minimum Gasteiger partial charge on any atom is -0.344 e. The molecule has 0 radical (unpaired) electrons. The van der Waals surface area contributed by atoms with E-state index >= 15 is 0 Å². The van der Waals surface area contributed by atoms with E-state index < -0.39 is 29.1 Å². The smallest absolute Gasteiger partial charge is 0.344 e. The second-order valence-corrected chi connectivity index (χ2v) is 10.1. The van der Waals surface area contributed by atoms with E-state index in [-0.39, 0.29) is 39.9 Å². The average molecular weight is 514 g/mol. The first kappa shape index (κ1) is 26.1. The first-order valence-corrected chi connectivity index (χ1v) is 11.8. The van der Waals surface area contributed by atoms with Crippen LogP contribution < -0.4 is 5.32 Å². The molecule has 1 aliphatic rings. The van der Waals surface area contributed by atoms with Crippen molar-refractivity contribution >= 4 is 23.0 Å². The summed E-state index contributed by atoms with van der Waals surface area (Å²) in [6, 6.07) is 3.10. The van der Waals surface area contributed by atoms with Crippen LogP contribution in [-0.4, -0.2) is 55.8 Å². The highest BCUT2D eigenvalue weighted by Gasteiger charge is 2.37. The average Bonchev–Trinajstić information content (AvgIpc) is 3.29. The molecule has 4 rings (SSSR count). The van der Waals surface area contributed by atoms with Crippen LogP contribution in [0, 0.1) is 22.7 Å². The summed E-state index contributed by atoms with van der Waals surface area (Å²) in [7, 11) is 0. The molecule has 194 valence electrons. The normalized spacial score (nSPS) is 15.9. The van der Waals surface area contributed by atoms with Gasteiger partial charge in [0, 0.05) is 31.4 Å². The Morgan fingerprint density at radius 3 is 2.51 bits per heavy atom. The van der Waals surface area contributed by atoms with Crippen LogP contribution in [0.15, 0.2) is 30.7 Å². The Morgan fingerprint density at radius 2 is 1.89 bits per heavy atom. The Balaban J connectivity index is 1.61. The van der Waals surface area contributed by atoms with E-state index in [2.05, 4.69) is 31.3 Å². The van der Waals surface area contributed by atoms with Crippen LogP contribution in [0.2, 0.25) is 0 Å². The molecule has 1 aliphatic heterocycles. The highest BCUT2D eigenvalue weighted by Crippen LogP contribution is 2.31. The van der Waals surface area contributed by atoms with Gasteiger partial charge in [0.05, 0.1) is 29.1 Å². The number of rotatable bonds is 4. The molecule has 1 fully saturated rings. The van der Waals surface area contributed by atoms with E-state index in [4.69, 9.17) is 5.26 Å². The lowest BCUT2D eigenvalue weighted by atomic mass is 9.85. The molecule has 0 spiro atoms. The van der Waals surface area contributed by atoms with E-state index in [1.54, 1.807) is 4.90 Å². The third-order valence-electron chi connectivity index (χ3n) is 6.35. The van der Waals surface area contributed by atoms with Crippen molar-refractivity contribution in [2.75, 3.05) is 13.1 Å². The lowest BCUT2D eigenvalue weighted by Gasteiger charge is -2.37. The molecule has 1 saturated heterocycles. The molecule has 0 bridgehead atoms. The topological polar surface area (TPSA) is 128 Å². The number of carbonyl (C=O) groups is 2. The van der Waals surface area contributed by atoms with Crippen LogP contribution in [0.25, 0.3) is 22.6 Å². The number of alkyl halides is 3. The number of likely N-dealkylation sites (tertiary alicyclic amines) is 1. The highest BCUT2D eigenvalue weighted by molar-refractivity contribution is 6.06. The number of nitrogens with one attached hydrogen (secondary N) is 2. The third kappa shape index (κ3) is 5.55. The Morgan fingerprint density at radius 1 is 1.19 bits per heavy atom. The van der Waals surface area contributed by atoms with Gasteiger partial charge in [0.1, 0.15) is 17.3 Å². The second-order valence-electron chi connectivity index (χ2n) is 10.1. The van der Waals surface area contributed by atoms with Crippen LogP contribution in [0.5, 0.6) is 0 Å². The molecule has 4 heterocycles. The lowest BCUT2D eigenvalue weighted by molar-refractivity contribution is -0.138. The van der Waals surface area contributed by atoms with Crippen molar-refractivity contribution in [3.05, 3.63) is 41.9 Å². The van der Waals surface area contributed by atoms with E-state index in [0.29, 0.717) is 25.9 Å². The number of H-pyrrole nitrogens is 1. The van der Waals surface area contributed by atoms with Crippen molar-refractivity contribution in [1.82, 2.24) is 30.2 Å². The number of hydrogen-bond donors (Lipinski definition) is 2. The molecule has 2 N–H and O–H groups in total. The van der Waals surface area contributed by atoms with E-state index in [0.717, 1.165) is 18.3 Å². The maximum atomic E-state index is 13.4. The standard InChI is InChI=1S/C25H26F3N7O2/c1-24(2,3)20(23(37)35-8-5-14(11-29)6-9-35)34-22(36)16-12-31-21-19(16)33-18(13-32-21)17-10-15(4-7-30-17)25(26,27)28/h4,7,10,12-14,20H,5-6,8-9H2,1-3H3,(H,31,32)(H,34,36). The molecule has 1 unspecified atom stereocenters. The number of piperidine rings is 1. The van der Waals surface area contributed by atoms with Crippen LogP contribution in [0.4, 0.5) is 13.2 Å². The summed E-state index contributed by atoms with van der Waals surface area (Å²) in [5.41, 5.74) is -0.971. The van der Waals surface area contributed by atoms with Crippen LogP contribution in [0.3, 0.4) is 0 Å². The minimum atomic E-state index is -4.55. The van der Waals surface area contributed by atoms with Crippen molar-refractivity contribution < 1.29 is 22.8 Å². The molecule has 3 aromatic rings. The monoisotopic (exact) mass is 513 g/mol. The van der Waals surface area contributed by atoms with E-state index in [9.17, 15) is 22.8 Å². The van der Waals surface area contributed by atoms with Crippen LogP contribution >= 0.6 is 0 Å². The zero-order valence-electron chi connectivity index (χ0n) is 20.6. The molecule has 0 saturated carbocycles. The van der Waals surface area contributed by atoms with Gasteiger partial charge in [-0.25, -0.2) is 9.97 Å². The fraction of sp³-hybridized carbons (Fsp3) is 0.440. The number of amides is 2. The zero-order chi connectivity index (χ0) is 27.0. The first-order chi connectivity index (χ1) is 17.4. The third-order valence-corrected chi connectivity index (χ3v) is 6.35. The number of carbonyl (C=O) groups excluding carboxylic acids is 2. The second kappa shape index (κ2) is 9.80. The Labute approximate surface area is 211 Å². The van der Waals surface area contributed by atoms with Gasteiger partial charge in [-0.05, 0) is 30.4 Å². The van der Waals surface area contributed by atoms with Crippen molar-refractivity contribution in [1.29, 1.82) is 5.26 Å². The molecule has 12 heteroatoms. The van der Waals surface area contributed by atoms with E-state index in [1.165, 1.54) is 12.4 Å². The number of aromatic amines is 1. The van der Waals surface area contributed by atoms with Gasteiger partial charge < -0.3 is 15.2 Å². The van der Waals surface area contributed by atoms with Gasteiger partial charge in [-0.15, -0.1) is 0 Å². The molecule has 2 amide bonds. The Hall–Kier alpha value is -4.01. The van der Waals surface area contributed by atoms with Gasteiger partial charge in [0.2, 0.25) is 5.91 Å². The lowest BCUT2D eigenvalue weighted by Crippen LogP contribution is -2.56. The maximum absolute atomic E-state index is 13.4. The molecule has 0 aliphatic carbocycles. The highest BCUT2D eigenvalue weighted by atomic mass is 19.4. The summed E-state index contributed by atoms with van der Waals surface area (Å²) in [5, 5.41) is 11.9. The number of halogens is 3. The first-order valence-electron chi connectivity index (χ1n) is 11.8. The van der Waals surface area contributed by atoms with Gasteiger partial charge >= 0.3 is 6.18 Å². The number of nitriles is 1. The van der Waals surface area contributed by atoms with E-state index in [1.807, 2.05) is 20.8 Å². The fourth-order valence-corrected chi connectivity index (χ4v) is 4.20. The predicted octanol–water partition coefficient (Wildman–Crippen LogP) is 3.95. The summed E-state index contributed by atoms with van der Waals surface area (Å²) < 4.78 is 39.4. The number of pyridine rings is 1.